The van der Waals surface area contributed by atoms with Gasteiger partial charge in [0.25, 0.3) is 0 Å². The van der Waals surface area contributed by atoms with Crippen LogP contribution in [0.1, 0.15) is 0 Å². The Labute approximate surface area is 72.3 Å². The molecule has 0 aromatic carbocycles. The molecule has 0 aliphatic carbocycles. The van der Waals surface area contributed by atoms with Crippen molar-refractivity contribution in [1.82, 2.24) is 12.3 Å². The van der Waals surface area contributed by atoms with Gasteiger partial charge in [-0.2, -0.15) is 0 Å². The zero-order valence-corrected chi connectivity index (χ0v) is 6.62. The maximum atomic E-state index is 0. The van der Waals surface area contributed by atoms with Crippen LogP contribution in [0.3, 0.4) is 0 Å². The van der Waals surface area contributed by atoms with Gasteiger partial charge in [-0.15, -0.1) is 0 Å². The van der Waals surface area contributed by atoms with Crippen LogP contribution >= 0.6 is 9.90 Å². The van der Waals surface area contributed by atoms with Crippen molar-refractivity contribution in [2.75, 3.05) is 0 Å². The van der Waals surface area contributed by atoms with E-state index in [1.807, 2.05) is 0 Å². The van der Waals surface area contributed by atoms with Crippen molar-refractivity contribution in [2.24, 2.45) is 0 Å². The van der Waals surface area contributed by atoms with Gasteiger partial charge in [0.1, 0.15) is 0 Å². The Bertz CT molecular complexity index is 6.00. The molecular formula is H3KN2P. The summed E-state index contributed by atoms with van der Waals surface area (Å²) >= 11 is 0. The Hall–Kier alpha value is 1.99. The predicted octanol–water partition coefficient (Wildman–Crippen LogP) is 0.162. The molecule has 0 fully saturated rings. The van der Waals surface area contributed by atoms with E-state index >= 15 is 0 Å². The summed E-state index contributed by atoms with van der Waals surface area (Å²) in [6.45, 7) is 0. The molecule has 0 saturated heterocycles. The van der Waals surface area contributed by atoms with E-state index in [0.29, 0.717) is 0 Å². The predicted molar refractivity (Wildman–Crippen MR) is 19.8 cm³/mol. The van der Waals surface area contributed by atoms with Crippen LogP contribution in [0.15, 0.2) is 0 Å². The zero-order chi connectivity index (χ0) is 0. The molecule has 7 radical (unpaired) electrons. The zero-order valence-electron chi connectivity index (χ0n) is 2.60. The first-order valence-electron chi connectivity index (χ1n) is 0. The molecule has 4 heteroatoms. The van der Waals surface area contributed by atoms with Crippen molar-refractivity contribution >= 4 is 61.3 Å². The van der Waals surface area contributed by atoms with Crippen molar-refractivity contribution in [3.63, 3.8) is 0 Å². The minimum atomic E-state index is 0. The third-order valence-electron chi connectivity index (χ3n) is 0. The first kappa shape index (κ1) is 37.7. The molecule has 0 saturated carbocycles. The van der Waals surface area contributed by atoms with Crippen molar-refractivity contribution in [3.05, 3.63) is 0 Å². The second-order valence-corrected chi connectivity index (χ2v) is 0. The summed E-state index contributed by atoms with van der Waals surface area (Å²) in [5.74, 6) is 0. The average molecular weight is 101 g/mol. The molecule has 0 heterocycles. The van der Waals surface area contributed by atoms with Gasteiger partial charge in [-0.1, -0.05) is 0 Å². The van der Waals surface area contributed by atoms with Crippen molar-refractivity contribution in [2.45, 2.75) is 0 Å². The standard InChI is InChI=1S/K.H3N.N.P/h;1H3;;. The summed E-state index contributed by atoms with van der Waals surface area (Å²) in [6, 6.07) is 0. The molecule has 0 spiro atoms. The van der Waals surface area contributed by atoms with Crippen molar-refractivity contribution < 1.29 is 0 Å². The molecule has 0 aliphatic rings. The van der Waals surface area contributed by atoms with Gasteiger partial charge >= 0.3 is 0 Å². The van der Waals surface area contributed by atoms with E-state index in [4.69, 9.17) is 0 Å². The molecule has 0 amide bonds. The smallest absolute Gasteiger partial charge is 0 e. The summed E-state index contributed by atoms with van der Waals surface area (Å²) in [5.41, 5.74) is 0. The van der Waals surface area contributed by atoms with Crippen LogP contribution < -0.4 is 12.3 Å². The van der Waals surface area contributed by atoms with Crippen LogP contribution in [0.25, 0.3) is 0 Å². The molecule has 0 bridgehead atoms. The molecule has 19 valence electrons. The van der Waals surface area contributed by atoms with Crippen LogP contribution in [-0.4, -0.2) is 51.4 Å². The fourth-order valence-corrected chi connectivity index (χ4v) is 0. The van der Waals surface area contributed by atoms with E-state index in [9.17, 15) is 0 Å². The van der Waals surface area contributed by atoms with E-state index in [-0.39, 0.29) is 73.6 Å². The third kappa shape index (κ3) is 9.01. The Morgan fingerprint density at radius 3 is 1.00 bits per heavy atom. The first-order valence-corrected chi connectivity index (χ1v) is 0. The maximum absolute atomic E-state index is 0. The SMILES string of the molecule is N.[K].[N].[P]. The Kier molecular flexibility index (Phi) is 189. The largest absolute Gasteiger partial charge is 0.344 e. The third-order valence-corrected chi connectivity index (χ3v) is 0. The van der Waals surface area contributed by atoms with Gasteiger partial charge in [-0.05, 0) is 0 Å². The summed E-state index contributed by atoms with van der Waals surface area (Å²) in [5, 5.41) is 0. The summed E-state index contributed by atoms with van der Waals surface area (Å²) in [6.07, 6.45) is 0. The van der Waals surface area contributed by atoms with Gasteiger partial charge in [0.15, 0.2) is 0 Å². The maximum Gasteiger partial charge on any atom is 0 e. The molecular weight excluding hydrogens is 98.1 g/mol. The van der Waals surface area contributed by atoms with Gasteiger partial charge in [0, 0.05) is 67.4 Å². The second-order valence-electron chi connectivity index (χ2n) is 0. The van der Waals surface area contributed by atoms with E-state index in [0.717, 1.165) is 0 Å². The molecule has 0 aliphatic heterocycles. The summed E-state index contributed by atoms with van der Waals surface area (Å²) in [7, 11) is 0. The van der Waals surface area contributed by atoms with Crippen LogP contribution in [0.4, 0.5) is 0 Å². The number of rotatable bonds is 0. The normalized spacial score (nSPS) is 0. The van der Waals surface area contributed by atoms with Gasteiger partial charge in [0.05, 0.1) is 0 Å². The van der Waals surface area contributed by atoms with Gasteiger partial charge in [0.2, 0.25) is 0 Å². The number of hydrogen-bond acceptors (Lipinski definition) is 1. The fraction of sp³-hybridized carbons (Fsp3) is 0. The molecule has 0 rings (SSSR count). The van der Waals surface area contributed by atoms with Crippen molar-refractivity contribution in [3.8, 4) is 0 Å². The molecule has 3 N–H and O–H groups in total. The van der Waals surface area contributed by atoms with Gasteiger partial charge in [-0.3, -0.25) is 0 Å². The van der Waals surface area contributed by atoms with Crippen LogP contribution in [-0.2, 0) is 0 Å². The van der Waals surface area contributed by atoms with Crippen LogP contribution in [0, 0.1) is 0 Å². The minimum absolute atomic E-state index is 0. The number of nitrogens with zero attached hydrogens (tertiary/aromatic N) is 1. The van der Waals surface area contributed by atoms with E-state index < -0.39 is 0 Å². The summed E-state index contributed by atoms with van der Waals surface area (Å²) < 4.78 is 0. The first-order chi connectivity index (χ1) is 0. The monoisotopic (exact) mass is 101 g/mol. The second kappa shape index (κ2) is 20.1. The van der Waals surface area contributed by atoms with E-state index in [1.54, 1.807) is 0 Å². The topological polar surface area (TPSA) is 65.5 Å². The summed E-state index contributed by atoms with van der Waals surface area (Å²) in [4.78, 5) is 0. The van der Waals surface area contributed by atoms with E-state index in [1.165, 1.54) is 0 Å². The molecule has 0 unspecified atom stereocenters. The Balaban J connectivity index is 0. The van der Waals surface area contributed by atoms with Gasteiger partial charge < -0.3 is 6.15 Å². The van der Waals surface area contributed by atoms with Crippen LogP contribution in [0.5, 0.6) is 0 Å². The van der Waals surface area contributed by atoms with Crippen LogP contribution in [0.2, 0.25) is 0 Å². The molecule has 4 heavy (non-hydrogen) atoms. The Morgan fingerprint density at radius 1 is 1.00 bits per heavy atom. The molecule has 0 aromatic rings. The molecule has 0 atom stereocenters. The molecule has 0 aromatic heterocycles. The Morgan fingerprint density at radius 2 is 1.00 bits per heavy atom. The number of hydrogen-bond donors (Lipinski definition) is 1. The molecule has 2 nitrogen and oxygen atoms in total. The van der Waals surface area contributed by atoms with E-state index in [2.05, 4.69) is 0 Å². The average Bonchev–Trinajstić information content (AvgIpc) is 0. The minimum Gasteiger partial charge on any atom is -0.344 e. The van der Waals surface area contributed by atoms with Gasteiger partial charge in [-0.25, -0.2) is 0 Å². The quantitative estimate of drug-likeness (QED) is 0.343. The fourth-order valence-electron chi connectivity index (χ4n) is 0. The van der Waals surface area contributed by atoms with Crippen molar-refractivity contribution in [1.29, 1.82) is 0 Å².